The molecule has 0 aliphatic rings. The van der Waals surface area contributed by atoms with Crippen molar-refractivity contribution in [2.24, 2.45) is 5.92 Å². The summed E-state index contributed by atoms with van der Waals surface area (Å²) in [6.07, 6.45) is 1.90. The predicted molar refractivity (Wildman–Crippen MR) is 76.0 cm³/mol. The Balaban J connectivity index is 2.47. The quantitative estimate of drug-likeness (QED) is 0.881. The van der Waals surface area contributed by atoms with Gasteiger partial charge in [0.2, 0.25) is 0 Å². The maximum Gasteiger partial charge on any atom is 0.339 e. The molecule has 0 saturated heterocycles. The molecule has 0 spiro atoms. The Morgan fingerprint density at radius 3 is 2.24 bits per heavy atom. The molecule has 6 heteroatoms. The van der Waals surface area contributed by atoms with Crippen LogP contribution in [0.3, 0.4) is 0 Å². The molecule has 0 unspecified atom stereocenters. The van der Waals surface area contributed by atoms with Gasteiger partial charge in [-0.2, -0.15) is 5.10 Å². The lowest BCUT2D eigenvalue weighted by Gasteiger charge is -2.11. The molecule has 0 amide bonds. The number of hydrogen-bond acceptors (Lipinski definition) is 3. The van der Waals surface area contributed by atoms with Crippen LogP contribution in [0.25, 0.3) is 5.69 Å². The second-order valence-electron chi connectivity index (χ2n) is 5.17. The molecular formula is C15H16N2O4. The topological polar surface area (TPSA) is 92.4 Å². The van der Waals surface area contributed by atoms with Crippen LogP contribution in [0.15, 0.2) is 30.5 Å². The molecule has 6 nitrogen and oxygen atoms in total. The summed E-state index contributed by atoms with van der Waals surface area (Å²) >= 11 is 0. The van der Waals surface area contributed by atoms with Gasteiger partial charge in [-0.3, -0.25) is 0 Å². The third-order valence-electron chi connectivity index (χ3n) is 3.06. The monoisotopic (exact) mass is 288 g/mol. The van der Waals surface area contributed by atoms with Gasteiger partial charge in [0.1, 0.15) is 5.56 Å². The van der Waals surface area contributed by atoms with Crippen LogP contribution in [0.1, 0.15) is 40.3 Å². The fourth-order valence-electron chi connectivity index (χ4n) is 2.10. The summed E-state index contributed by atoms with van der Waals surface area (Å²) in [6, 6.07) is 6.18. The van der Waals surface area contributed by atoms with Crippen molar-refractivity contribution < 1.29 is 19.8 Å². The average molecular weight is 288 g/mol. The molecule has 0 atom stereocenters. The summed E-state index contributed by atoms with van der Waals surface area (Å²) in [5, 5.41) is 22.2. The van der Waals surface area contributed by atoms with Crippen LogP contribution >= 0.6 is 0 Å². The molecule has 2 aromatic rings. The van der Waals surface area contributed by atoms with E-state index in [1.807, 2.05) is 13.8 Å². The van der Waals surface area contributed by atoms with Crippen LogP contribution < -0.4 is 0 Å². The lowest BCUT2D eigenvalue weighted by atomic mass is 10.0. The summed E-state index contributed by atoms with van der Waals surface area (Å²) in [4.78, 5) is 22.1. The van der Waals surface area contributed by atoms with Crippen LogP contribution in [0.4, 0.5) is 0 Å². The number of carboxylic acid groups (broad SMARTS) is 2. The van der Waals surface area contributed by atoms with Gasteiger partial charge in [0, 0.05) is 0 Å². The van der Waals surface area contributed by atoms with Crippen molar-refractivity contribution >= 4 is 11.9 Å². The zero-order valence-electron chi connectivity index (χ0n) is 11.8. The maximum absolute atomic E-state index is 11.3. The van der Waals surface area contributed by atoms with Crippen LogP contribution in [-0.2, 0) is 6.42 Å². The first kappa shape index (κ1) is 14.8. The zero-order chi connectivity index (χ0) is 15.6. The first-order valence-corrected chi connectivity index (χ1v) is 6.54. The van der Waals surface area contributed by atoms with Crippen molar-refractivity contribution in [3.63, 3.8) is 0 Å². The second-order valence-corrected chi connectivity index (χ2v) is 5.17. The molecule has 0 aliphatic heterocycles. The van der Waals surface area contributed by atoms with Gasteiger partial charge in [-0.15, -0.1) is 0 Å². The number of aromatic carboxylic acids is 2. The molecule has 0 bridgehead atoms. The van der Waals surface area contributed by atoms with E-state index >= 15 is 0 Å². The molecule has 0 radical (unpaired) electrons. The highest BCUT2D eigenvalue weighted by Gasteiger charge is 2.18. The van der Waals surface area contributed by atoms with Crippen molar-refractivity contribution in [2.75, 3.05) is 0 Å². The highest BCUT2D eigenvalue weighted by Crippen LogP contribution is 2.19. The second kappa shape index (κ2) is 5.78. The molecule has 110 valence electrons. The number of carboxylic acids is 2. The number of nitrogens with zero attached hydrogens (tertiary/aromatic N) is 2. The smallest absolute Gasteiger partial charge is 0.339 e. The Morgan fingerprint density at radius 1 is 1.14 bits per heavy atom. The fraction of sp³-hybridized carbons (Fsp3) is 0.267. The molecule has 1 aromatic carbocycles. The van der Waals surface area contributed by atoms with Crippen LogP contribution in [0.2, 0.25) is 0 Å². The van der Waals surface area contributed by atoms with Crippen molar-refractivity contribution in [1.82, 2.24) is 9.78 Å². The lowest BCUT2D eigenvalue weighted by Crippen LogP contribution is -2.10. The predicted octanol–water partition coefficient (Wildman–Crippen LogP) is 2.47. The highest BCUT2D eigenvalue weighted by molar-refractivity contribution is 5.89. The Labute approximate surface area is 121 Å². The van der Waals surface area contributed by atoms with Gasteiger partial charge in [0.05, 0.1) is 23.1 Å². The minimum absolute atomic E-state index is 0.172. The Hall–Kier alpha value is -2.63. The third kappa shape index (κ3) is 3.10. The Bertz CT molecular complexity index is 671. The van der Waals surface area contributed by atoms with E-state index < -0.39 is 11.9 Å². The normalized spacial score (nSPS) is 10.8. The Morgan fingerprint density at radius 2 is 1.76 bits per heavy atom. The van der Waals surface area contributed by atoms with E-state index in [1.54, 1.807) is 16.8 Å². The molecule has 0 saturated carbocycles. The fourth-order valence-corrected chi connectivity index (χ4v) is 2.10. The lowest BCUT2D eigenvalue weighted by molar-refractivity contribution is 0.0685. The number of rotatable bonds is 5. The van der Waals surface area contributed by atoms with Gasteiger partial charge in [-0.05, 0) is 36.6 Å². The molecular weight excluding hydrogens is 272 g/mol. The SMILES string of the molecule is CC(C)Cc1c(C(=O)O)cnn1-c1ccc(C(=O)O)cc1. The van der Waals surface area contributed by atoms with Gasteiger partial charge in [0.25, 0.3) is 0 Å². The number of aromatic nitrogens is 2. The molecule has 1 heterocycles. The van der Waals surface area contributed by atoms with Crippen LogP contribution in [-0.4, -0.2) is 31.9 Å². The summed E-state index contributed by atoms with van der Waals surface area (Å²) in [7, 11) is 0. The zero-order valence-corrected chi connectivity index (χ0v) is 11.8. The van der Waals surface area contributed by atoms with Gasteiger partial charge in [0.15, 0.2) is 0 Å². The van der Waals surface area contributed by atoms with E-state index in [1.165, 1.54) is 18.3 Å². The molecule has 0 fully saturated rings. The Kier molecular flexibility index (Phi) is 4.07. The molecule has 21 heavy (non-hydrogen) atoms. The molecule has 2 N–H and O–H groups in total. The van der Waals surface area contributed by atoms with Crippen molar-refractivity contribution in [3.05, 3.63) is 47.3 Å². The summed E-state index contributed by atoms with van der Waals surface area (Å²) in [6.45, 7) is 3.99. The standard InChI is InChI=1S/C15H16N2O4/c1-9(2)7-13-12(15(20)21)8-16-17(13)11-5-3-10(4-6-11)14(18)19/h3-6,8-9H,7H2,1-2H3,(H,18,19)(H,20,21). The molecule has 1 aromatic heterocycles. The minimum atomic E-state index is -1.01. The van der Waals surface area contributed by atoms with E-state index in [-0.39, 0.29) is 17.0 Å². The van der Waals surface area contributed by atoms with Crippen molar-refractivity contribution in [1.29, 1.82) is 0 Å². The highest BCUT2D eigenvalue weighted by atomic mass is 16.4. The van der Waals surface area contributed by atoms with Gasteiger partial charge in [-0.25, -0.2) is 14.3 Å². The summed E-state index contributed by atoms with van der Waals surface area (Å²) in [5.41, 5.74) is 1.60. The first-order valence-electron chi connectivity index (χ1n) is 6.54. The molecule has 0 aliphatic carbocycles. The summed E-state index contributed by atoms with van der Waals surface area (Å²) in [5.74, 6) is -1.74. The van der Waals surface area contributed by atoms with Crippen LogP contribution in [0, 0.1) is 5.92 Å². The first-order chi connectivity index (χ1) is 9.90. The maximum atomic E-state index is 11.3. The van der Waals surface area contributed by atoms with Crippen LogP contribution in [0.5, 0.6) is 0 Å². The average Bonchev–Trinajstić information content (AvgIpc) is 2.81. The van der Waals surface area contributed by atoms with Crippen molar-refractivity contribution in [3.8, 4) is 5.69 Å². The van der Waals surface area contributed by atoms with E-state index in [2.05, 4.69) is 5.10 Å². The number of hydrogen-bond donors (Lipinski definition) is 2. The number of carbonyl (C=O) groups is 2. The summed E-state index contributed by atoms with van der Waals surface area (Å²) < 4.78 is 1.55. The largest absolute Gasteiger partial charge is 0.478 e. The third-order valence-corrected chi connectivity index (χ3v) is 3.06. The van der Waals surface area contributed by atoms with Gasteiger partial charge >= 0.3 is 11.9 Å². The van der Waals surface area contributed by atoms with Crippen molar-refractivity contribution in [2.45, 2.75) is 20.3 Å². The minimum Gasteiger partial charge on any atom is -0.478 e. The van der Waals surface area contributed by atoms with E-state index in [4.69, 9.17) is 5.11 Å². The van der Waals surface area contributed by atoms with Gasteiger partial charge < -0.3 is 10.2 Å². The van der Waals surface area contributed by atoms with E-state index in [9.17, 15) is 14.7 Å². The molecule has 2 rings (SSSR count). The number of benzene rings is 1. The van der Waals surface area contributed by atoms with Gasteiger partial charge in [-0.1, -0.05) is 13.8 Å². The van der Waals surface area contributed by atoms with E-state index in [0.717, 1.165) is 0 Å². The van der Waals surface area contributed by atoms with E-state index in [0.29, 0.717) is 17.8 Å².